The fraction of sp³-hybridized carbons (Fsp3) is 0.200. The number of carbonyl (C=O) groups is 2. The molecule has 0 atom stereocenters. The van der Waals surface area contributed by atoms with Crippen LogP contribution in [0.15, 0.2) is 18.2 Å². The predicted molar refractivity (Wildman–Crippen MR) is 53.6 cm³/mol. The summed E-state index contributed by atoms with van der Waals surface area (Å²) in [5.41, 5.74) is 2.03. The number of rotatable bonds is 1. The minimum absolute atomic E-state index is 0.260. The van der Waals surface area contributed by atoms with E-state index in [0.717, 1.165) is 5.56 Å². The van der Waals surface area contributed by atoms with Gasteiger partial charge in [0, 0.05) is 12.2 Å². The first-order valence-electron chi connectivity index (χ1n) is 4.47. The molecule has 1 heterocycles. The highest BCUT2D eigenvalue weighted by Crippen LogP contribution is 2.20. The molecule has 0 spiro atoms. The highest BCUT2D eigenvalue weighted by atomic mass is 16.5. The van der Waals surface area contributed by atoms with Crippen molar-refractivity contribution in [1.29, 1.82) is 0 Å². The first-order chi connectivity index (χ1) is 7.20. The summed E-state index contributed by atoms with van der Waals surface area (Å²) in [4.78, 5) is 22.3. The van der Waals surface area contributed by atoms with Gasteiger partial charge in [-0.15, -0.1) is 0 Å². The lowest BCUT2D eigenvalue weighted by Crippen LogP contribution is -2.33. The number of hydrogen-bond donors (Lipinski definition) is 2. The summed E-state index contributed by atoms with van der Waals surface area (Å²) in [5.74, 6) is -0.411. The minimum Gasteiger partial charge on any atom is -0.465 e. The van der Waals surface area contributed by atoms with E-state index in [4.69, 9.17) is 0 Å². The lowest BCUT2D eigenvalue weighted by Gasteiger charge is -2.18. The van der Waals surface area contributed by atoms with Crippen LogP contribution in [0.5, 0.6) is 0 Å². The number of nitrogens with one attached hydrogen (secondary N) is 2. The predicted octanol–water partition coefficient (Wildman–Crippen LogP) is 1.11. The van der Waals surface area contributed by atoms with Crippen molar-refractivity contribution in [2.75, 3.05) is 12.4 Å². The van der Waals surface area contributed by atoms with Gasteiger partial charge in [-0.2, -0.15) is 0 Å². The molecule has 0 aliphatic carbocycles. The Morgan fingerprint density at radius 3 is 3.00 bits per heavy atom. The summed E-state index contributed by atoms with van der Waals surface area (Å²) in [6.07, 6.45) is 0. The van der Waals surface area contributed by atoms with E-state index in [1.807, 2.05) is 0 Å². The van der Waals surface area contributed by atoms with E-state index in [1.165, 1.54) is 7.11 Å². The third-order valence-electron chi connectivity index (χ3n) is 2.22. The van der Waals surface area contributed by atoms with Crippen LogP contribution in [0.25, 0.3) is 0 Å². The van der Waals surface area contributed by atoms with Crippen molar-refractivity contribution in [3.63, 3.8) is 0 Å². The highest BCUT2D eigenvalue weighted by Gasteiger charge is 2.15. The van der Waals surface area contributed by atoms with E-state index in [9.17, 15) is 9.59 Å². The molecule has 5 heteroatoms. The summed E-state index contributed by atoms with van der Waals surface area (Å²) in [7, 11) is 1.32. The Balaban J connectivity index is 2.36. The van der Waals surface area contributed by atoms with Crippen molar-refractivity contribution in [2.45, 2.75) is 6.54 Å². The van der Waals surface area contributed by atoms with E-state index in [-0.39, 0.29) is 6.03 Å². The van der Waals surface area contributed by atoms with Crippen molar-refractivity contribution >= 4 is 17.7 Å². The molecule has 0 fully saturated rings. The number of carbonyl (C=O) groups excluding carboxylic acids is 2. The third-order valence-corrected chi connectivity index (χ3v) is 2.22. The first kappa shape index (κ1) is 9.51. The molecule has 0 radical (unpaired) electrons. The van der Waals surface area contributed by atoms with E-state index >= 15 is 0 Å². The molecule has 0 unspecified atom stereocenters. The molecule has 1 aliphatic rings. The number of methoxy groups -OCH3 is 1. The molecule has 0 saturated heterocycles. The fourth-order valence-electron chi connectivity index (χ4n) is 1.43. The molecule has 78 valence electrons. The number of ether oxygens (including phenoxy) is 1. The van der Waals surface area contributed by atoms with Gasteiger partial charge in [0.05, 0.1) is 12.7 Å². The van der Waals surface area contributed by atoms with E-state index in [1.54, 1.807) is 18.2 Å². The second-order valence-electron chi connectivity index (χ2n) is 3.17. The van der Waals surface area contributed by atoms with Crippen molar-refractivity contribution in [3.05, 3.63) is 29.3 Å². The number of hydrogen-bond acceptors (Lipinski definition) is 3. The summed E-state index contributed by atoms with van der Waals surface area (Å²) in [5, 5.41) is 5.26. The SMILES string of the molecule is COC(=O)c1ccc2c(c1)NC(=O)NC2. The molecule has 1 aliphatic heterocycles. The van der Waals surface area contributed by atoms with Gasteiger partial charge in [0.2, 0.25) is 0 Å². The van der Waals surface area contributed by atoms with Crippen molar-refractivity contribution in [1.82, 2.24) is 5.32 Å². The van der Waals surface area contributed by atoms with Gasteiger partial charge in [-0.1, -0.05) is 6.07 Å². The van der Waals surface area contributed by atoms with Gasteiger partial charge in [-0.25, -0.2) is 9.59 Å². The Bertz CT molecular complexity index is 429. The van der Waals surface area contributed by atoms with Crippen molar-refractivity contribution in [3.8, 4) is 0 Å². The maximum absolute atomic E-state index is 11.2. The second-order valence-corrected chi connectivity index (χ2v) is 3.17. The van der Waals surface area contributed by atoms with Crippen LogP contribution in [-0.2, 0) is 11.3 Å². The molecule has 2 rings (SSSR count). The van der Waals surface area contributed by atoms with E-state index < -0.39 is 5.97 Å². The number of esters is 1. The van der Waals surface area contributed by atoms with Crippen LogP contribution in [0.1, 0.15) is 15.9 Å². The lowest BCUT2D eigenvalue weighted by atomic mass is 10.1. The van der Waals surface area contributed by atoms with Gasteiger partial charge in [0.15, 0.2) is 0 Å². The average molecular weight is 206 g/mol. The molecule has 1 aromatic carbocycles. The zero-order chi connectivity index (χ0) is 10.8. The van der Waals surface area contributed by atoms with Gasteiger partial charge in [0.1, 0.15) is 0 Å². The molecule has 1 aromatic rings. The third kappa shape index (κ3) is 1.76. The van der Waals surface area contributed by atoms with Gasteiger partial charge in [0.25, 0.3) is 0 Å². The topological polar surface area (TPSA) is 67.4 Å². The summed E-state index contributed by atoms with van der Waals surface area (Å²) >= 11 is 0. The second kappa shape index (κ2) is 3.61. The maximum atomic E-state index is 11.2. The van der Waals surface area contributed by atoms with Gasteiger partial charge >= 0.3 is 12.0 Å². The molecule has 2 amide bonds. The van der Waals surface area contributed by atoms with E-state index in [0.29, 0.717) is 17.8 Å². The number of fused-ring (bicyclic) bond motifs is 1. The molecular formula is C10H10N2O3. The Hall–Kier alpha value is -2.04. The molecule has 0 aromatic heterocycles. The molecule has 5 nitrogen and oxygen atoms in total. The maximum Gasteiger partial charge on any atom is 0.337 e. The Morgan fingerprint density at radius 1 is 1.47 bits per heavy atom. The minimum atomic E-state index is -0.411. The smallest absolute Gasteiger partial charge is 0.337 e. The van der Waals surface area contributed by atoms with Crippen LogP contribution in [0, 0.1) is 0 Å². The average Bonchev–Trinajstić information content (AvgIpc) is 2.27. The Labute approximate surface area is 86.4 Å². The van der Waals surface area contributed by atoms with Crippen LogP contribution in [0.4, 0.5) is 10.5 Å². The van der Waals surface area contributed by atoms with Crippen LogP contribution in [0.2, 0.25) is 0 Å². The zero-order valence-electron chi connectivity index (χ0n) is 8.16. The van der Waals surface area contributed by atoms with E-state index in [2.05, 4.69) is 15.4 Å². The number of anilines is 1. The number of amides is 2. The van der Waals surface area contributed by atoms with Crippen molar-refractivity contribution < 1.29 is 14.3 Å². The van der Waals surface area contributed by atoms with Crippen molar-refractivity contribution in [2.24, 2.45) is 0 Å². The quantitative estimate of drug-likeness (QED) is 0.676. The van der Waals surface area contributed by atoms with Crippen LogP contribution < -0.4 is 10.6 Å². The Morgan fingerprint density at radius 2 is 2.27 bits per heavy atom. The van der Waals surface area contributed by atoms with Gasteiger partial charge in [-0.05, 0) is 17.7 Å². The normalized spacial score (nSPS) is 13.5. The molecular weight excluding hydrogens is 196 g/mol. The lowest BCUT2D eigenvalue weighted by molar-refractivity contribution is 0.0600. The first-order valence-corrected chi connectivity index (χ1v) is 4.47. The highest BCUT2D eigenvalue weighted by molar-refractivity contribution is 5.96. The van der Waals surface area contributed by atoms with Crippen LogP contribution in [0.3, 0.4) is 0 Å². The molecule has 15 heavy (non-hydrogen) atoms. The Kier molecular flexibility index (Phi) is 2.29. The largest absolute Gasteiger partial charge is 0.465 e. The van der Waals surface area contributed by atoms with Crippen LogP contribution in [-0.4, -0.2) is 19.1 Å². The molecule has 0 saturated carbocycles. The van der Waals surface area contributed by atoms with Gasteiger partial charge < -0.3 is 15.4 Å². The standard InChI is InChI=1S/C10H10N2O3/c1-15-9(13)6-2-3-7-5-11-10(14)12-8(7)4-6/h2-4H,5H2,1H3,(H2,11,12,14). The molecule has 2 N–H and O–H groups in total. The number of benzene rings is 1. The summed E-state index contributed by atoms with van der Waals surface area (Å²) < 4.78 is 4.59. The monoisotopic (exact) mass is 206 g/mol. The zero-order valence-corrected chi connectivity index (χ0v) is 8.16. The van der Waals surface area contributed by atoms with Crippen LogP contribution >= 0.6 is 0 Å². The summed E-state index contributed by atoms with van der Waals surface area (Å²) in [6, 6.07) is 4.81. The molecule has 0 bridgehead atoms. The fourth-order valence-corrected chi connectivity index (χ4v) is 1.43. The summed E-state index contributed by atoms with van der Waals surface area (Å²) in [6.45, 7) is 0.475. The van der Waals surface area contributed by atoms with Gasteiger partial charge in [-0.3, -0.25) is 0 Å². The number of urea groups is 1.